The van der Waals surface area contributed by atoms with Gasteiger partial charge in [-0.05, 0) is 42.5 Å². The van der Waals surface area contributed by atoms with Gasteiger partial charge in [0.1, 0.15) is 0 Å². The predicted molar refractivity (Wildman–Crippen MR) is 103 cm³/mol. The van der Waals surface area contributed by atoms with Crippen LogP contribution in [0.2, 0.25) is 5.02 Å². The van der Waals surface area contributed by atoms with Crippen molar-refractivity contribution in [1.29, 1.82) is 0 Å². The largest absolute Gasteiger partial charge is 0.452 e. The van der Waals surface area contributed by atoms with Crippen LogP contribution >= 0.6 is 11.6 Å². The Morgan fingerprint density at radius 2 is 1.70 bits per heavy atom. The van der Waals surface area contributed by atoms with Gasteiger partial charge in [-0.2, -0.15) is 13.2 Å². The Hall–Kier alpha value is -2.63. The number of carbonyl (C=O) groups is 2. The van der Waals surface area contributed by atoms with Gasteiger partial charge in [0.25, 0.3) is 5.91 Å². The zero-order valence-corrected chi connectivity index (χ0v) is 17.2. The highest BCUT2D eigenvalue weighted by Gasteiger charge is 2.30. The summed E-state index contributed by atoms with van der Waals surface area (Å²) in [5.74, 6) is -1.83. The van der Waals surface area contributed by atoms with Gasteiger partial charge in [0.15, 0.2) is 6.61 Å². The maximum Gasteiger partial charge on any atom is 0.416 e. The van der Waals surface area contributed by atoms with E-state index < -0.39 is 40.2 Å². The number of sulfonamides is 1. The number of ether oxygens (including phenoxy) is 1. The van der Waals surface area contributed by atoms with Crippen LogP contribution < -0.4 is 5.32 Å². The lowest BCUT2D eigenvalue weighted by Gasteiger charge is -2.14. The van der Waals surface area contributed by atoms with E-state index in [0.717, 1.165) is 22.5 Å². The fourth-order valence-electron chi connectivity index (χ4n) is 2.17. The molecule has 1 amide bonds. The molecule has 0 aliphatic rings. The molecule has 0 unspecified atom stereocenters. The minimum Gasteiger partial charge on any atom is -0.452 e. The van der Waals surface area contributed by atoms with Gasteiger partial charge >= 0.3 is 12.1 Å². The zero-order valence-electron chi connectivity index (χ0n) is 15.7. The number of hydrogen-bond donors (Lipinski definition) is 1. The first-order valence-corrected chi connectivity index (χ1v) is 10.0. The lowest BCUT2D eigenvalue weighted by molar-refractivity contribution is -0.137. The van der Waals surface area contributed by atoms with Crippen LogP contribution in [0.1, 0.15) is 15.9 Å². The summed E-state index contributed by atoms with van der Waals surface area (Å²) in [5.41, 5.74) is -1.12. The Bertz CT molecular complexity index is 1050. The van der Waals surface area contributed by atoms with Crippen LogP contribution in [-0.2, 0) is 25.7 Å². The zero-order chi connectivity index (χ0) is 22.7. The van der Waals surface area contributed by atoms with Crippen molar-refractivity contribution in [1.82, 2.24) is 4.31 Å². The summed E-state index contributed by atoms with van der Waals surface area (Å²) >= 11 is 5.96. The molecule has 30 heavy (non-hydrogen) atoms. The highest BCUT2D eigenvalue weighted by Crippen LogP contribution is 2.29. The van der Waals surface area contributed by atoms with Crippen LogP contribution in [0, 0.1) is 0 Å². The van der Waals surface area contributed by atoms with Crippen LogP contribution in [0.25, 0.3) is 0 Å². The Kier molecular flexibility index (Phi) is 7.11. The summed E-state index contributed by atoms with van der Waals surface area (Å²) in [6.07, 6.45) is -4.55. The number of esters is 1. The van der Waals surface area contributed by atoms with Crippen molar-refractivity contribution >= 4 is 39.2 Å². The maximum absolute atomic E-state index is 12.5. The second-order valence-corrected chi connectivity index (χ2v) is 8.69. The summed E-state index contributed by atoms with van der Waals surface area (Å²) in [5, 5.41) is 2.37. The highest BCUT2D eigenvalue weighted by molar-refractivity contribution is 7.89. The van der Waals surface area contributed by atoms with E-state index >= 15 is 0 Å². The third-order valence-electron chi connectivity index (χ3n) is 3.77. The molecule has 0 aliphatic heterocycles. The van der Waals surface area contributed by atoms with Crippen LogP contribution in [0.3, 0.4) is 0 Å². The van der Waals surface area contributed by atoms with E-state index in [4.69, 9.17) is 16.3 Å². The number of nitrogens with zero attached hydrogens (tertiary/aromatic N) is 1. The molecule has 0 bridgehead atoms. The standard InChI is InChI=1S/C18H16ClF3N2O5S/c1-24(2)30(27,28)13-7-8-14(19)15(9-13)23-16(25)10-29-17(26)11-3-5-12(6-4-11)18(20,21)22/h3-9H,10H2,1-2H3,(H,23,25). The average Bonchev–Trinajstić information content (AvgIpc) is 2.67. The SMILES string of the molecule is CN(C)S(=O)(=O)c1ccc(Cl)c(NC(=O)COC(=O)c2ccc(C(F)(F)F)cc2)c1. The van der Waals surface area contributed by atoms with Gasteiger partial charge in [-0.15, -0.1) is 0 Å². The average molecular weight is 465 g/mol. The van der Waals surface area contributed by atoms with E-state index in [1.165, 1.54) is 26.2 Å². The number of anilines is 1. The fraction of sp³-hybridized carbons (Fsp3) is 0.222. The summed E-state index contributed by atoms with van der Waals surface area (Å²) in [7, 11) is -1.10. The van der Waals surface area contributed by atoms with Crippen LogP contribution in [0.5, 0.6) is 0 Å². The molecule has 0 saturated heterocycles. The molecule has 0 aromatic heterocycles. The number of rotatable bonds is 6. The molecule has 0 heterocycles. The van der Waals surface area contributed by atoms with Crippen molar-refractivity contribution < 1.29 is 35.9 Å². The molecule has 12 heteroatoms. The Morgan fingerprint density at radius 1 is 1.10 bits per heavy atom. The highest BCUT2D eigenvalue weighted by atomic mass is 35.5. The summed E-state index contributed by atoms with van der Waals surface area (Å²) in [4.78, 5) is 23.8. The number of amides is 1. The number of alkyl halides is 3. The summed E-state index contributed by atoms with van der Waals surface area (Å²) in [6, 6.07) is 6.97. The van der Waals surface area contributed by atoms with E-state index in [0.29, 0.717) is 12.1 Å². The van der Waals surface area contributed by atoms with Gasteiger partial charge in [-0.1, -0.05) is 11.6 Å². The van der Waals surface area contributed by atoms with Crippen molar-refractivity contribution in [2.24, 2.45) is 0 Å². The molecule has 0 spiro atoms. The number of benzene rings is 2. The number of nitrogens with one attached hydrogen (secondary N) is 1. The van der Waals surface area contributed by atoms with Crippen molar-refractivity contribution in [2.75, 3.05) is 26.0 Å². The van der Waals surface area contributed by atoms with Crippen molar-refractivity contribution in [3.63, 3.8) is 0 Å². The topological polar surface area (TPSA) is 92.8 Å². The molecular formula is C18H16ClF3N2O5S. The van der Waals surface area contributed by atoms with Gasteiger partial charge < -0.3 is 10.1 Å². The first-order chi connectivity index (χ1) is 13.8. The second-order valence-electron chi connectivity index (χ2n) is 6.13. The van der Waals surface area contributed by atoms with Crippen molar-refractivity contribution in [2.45, 2.75) is 11.1 Å². The van der Waals surface area contributed by atoms with E-state index in [-0.39, 0.29) is 21.2 Å². The van der Waals surface area contributed by atoms with Gasteiger partial charge in [0, 0.05) is 14.1 Å². The fourth-order valence-corrected chi connectivity index (χ4v) is 3.26. The third-order valence-corrected chi connectivity index (χ3v) is 5.91. The molecule has 162 valence electrons. The summed E-state index contributed by atoms with van der Waals surface area (Å²) in [6.45, 7) is -0.763. The minimum absolute atomic E-state index is 0.0184. The van der Waals surface area contributed by atoms with E-state index in [2.05, 4.69) is 5.32 Å². The number of hydrogen-bond acceptors (Lipinski definition) is 5. The molecule has 0 aliphatic carbocycles. The Morgan fingerprint density at radius 3 is 2.23 bits per heavy atom. The van der Waals surface area contributed by atoms with Crippen molar-refractivity contribution in [3.05, 3.63) is 58.6 Å². The number of halogens is 4. The molecule has 7 nitrogen and oxygen atoms in total. The second kappa shape index (κ2) is 9.02. The molecule has 1 N–H and O–H groups in total. The maximum atomic E-state index is 12.5. The van der Waals surface area contributed by atoms with Crippen LogP contribution in [0.4, 0.5) is 18.9 Å². The lowest BCUT2D eigenvalue weighted by Crippen LogP contribution is -2.23. The molecule has 2 rings (SSSR count). The molecule has 2 aromatic carbocycles. The van der Waals surface area contributed by atoms with Gasteiger partial charge in [0.2, 0.25) is 10.0 Å². The predicted octanol–water partition coefficient (Wildman–Crippen LogP) is 3.40. The smallest absolute Gasteiger partial charge is 0.416 e. The van der Waals surface area contributed by atoms with E-state index in [1.807, 2.05) is 0 Å². The van der Waals surface area contributed by atoms with E-state index in [9.17, 15) is 31.2 Å². The molecule has 0 fully saturated rings. The first-order valence-electron chi connectivity index (χ1n) is 8.18. The third kappa shape index (κ3) is 5.71. The quantitative estimate of drug-likeness (QED) is 0.661. The van der Waals surface area contributed by atoms with E-state index in [1.54, 1.807) is 0 Å². The lowest BCUT2D eigenvalue weighted by atomic mass is 10.1. The molecule has 2 aromatic rings. The Labute approximate surface area is 175 Å². The molecule has 0 saturated carbocycles. The van der Waals surface area contributed by atoms with Gasteiger partial charge in [0.05, 0.1) is 26.7 Å². The molecule has 0 atom stereocenters. The van der Waals surface area contributed by atoms with Crippen molar-refractivity contribution in [3.8, 4) is 0 Å². The van der Waals surface area contributed by atoms with Crippen LogP contribution in [0.15, 0.2) is 47.4 Å². The minimum atomic E-state index is -4.55. The van der Waals surface area contributed by atoms with Crippen LogP contribution in [-0.4, -0.2) is 45.3 Å². The normalized spacial score (nSPS) is 12.0. The number of carbonyl (C=O) groups excluding carboxylic acids is 2. The monoisotopic (exact) mass is 464 g/mol. The first kappa shape index (κ1) is 23.6. The van der Waals surface area contributed by atoms with Gasteiger partial charge in [-0.25, -0.2) is 17.5 Å². The Balaban J connectivity index is 2.03. The van der Waals surface area contributed by atoms with Gasteiger partial charge in [-0.3, -0.25) is 4.79 Å². The molecular weight excluding hydrogens is 449 g/mol. The molecule has 0 radical (unpaired) electrons. The summed E-state index contributed by atoms with van der Waals surface area (Å²) < 4.78 is 67.7.